The largest absolute Gasteiger partial charge is 0.493 e. The Kier molecular flexibility index (Phi) is 3.19. The first kappa shape index (κ1) is 16.3. The summed E-state index contributed by atoms with van der Waals surface area (Å²) in [6.07, 6.45) is 3.00. The highest BCUT2D eigenvalue weighted by molar-refractivity contribution is 5.96. The van der Waals surface area contributed by atoms with Gasteiger partial charge in [-0.05, 0) is 48.8 Å². The van der Waals surface area contributed by atoms with Crippen LogP contribution in [-0.4, -0.2) is 37.1 Å². The van der Waals surface area contributed by atoms with Crippen molar-refractivity contribution in [2.75, 3.05) is 20.8 Å². The molecule has 4 atom stereocenters. The summed E-state index contributed by atoms with van der Waals surface area (Å²) in [6, 6.07) is 7.78. The highest BCUT2D eigenvalue weighted by atomic mass is 16.5. The molecule has 0 spiro atoms. The van der Waals surface area contributed by atoms with Crippen molar-refractivity contribution in [3.8, 4) is 17.6 Å². The summed E-state index contributed by atoms with van der Waals surface area (Å²) in [6.45, 7) is 5.14. The maximum Gasteiger partial charge on any atom is 0.255 e. The number of methoxy groups -OCH3 is 2. The molecule has 0 unspecified atom stereocenters. The Bertz CT molecular complexity index is 801. The maximum atomic E-state index is 13.3. The Morgan fingerprint density at radius 2 is 2.00 bits per heavy atom. The summed E-state index contributed by atoms with van der Waals surface area (Å²) in [5.74, 6) is 1.59. The molecule has 2 aliphatic carbocycles. The lowest BCUT2D eigenvalue weighted by molar-refractivity contribution is 0.0429. The van der Waals surface area contributed by atoms with Crippen molar-refractivity contribution in [3.63, 3.8) is 0 Å². The van der Waals surface area contributed by atoms with Gasteiger partial charge in [0.15, 0.2) is 11.5 Å². The first-order valence-electron chi connectivity index (χ1n) is 8.82. The van der Waals surface area contributed by atoms with E-state index in [0.717, 1.165) is 12.8 Å². The molecule has 2 saturated carbocycles. The predicted octanol–water partition coefficient (Wildman–Crippen LogP) is 3.25. The average molecular weight is 340 g/mol. The molecule has 3 aliphatic rings. The predicted molar refractivity (Wildman–Crippen MR) is 92.5 cm³/mol. The van der Waals surface area contributed by atoms with Gasteiger partial charge in [0.1, 0.15) is 5.54 Å². The van der Waals surface area contributed by atoms with Crippen molar-refractivity contribution in [2.45, 2.75) is 38.6 Å². The number of likely N-dealkylation sites (tertiary alicyclic amines) is 1. The van der Waals surface area contributed by atoms with Crippen molar-refractivity contribution < 1.29 is 14.3 Å². The molecule has 0 aromatic heterocycles. The molecule has 1 saturated heterocycles. The molecule has 1 aromatic carbocycles. The van der Waals surface area contributed by atoms with Gasteiger partial charge in [-0.25, -0.2) is 0 Å². The van der Waals surface area contributed by atoms with Crippen LogP contribution >= 0.6 is 0 Å². The lowest BCUT2D eigenvalue weighted by Crippen LogP contribution is -2.54. The maximum absolute atomic E-state index is 13.3. The number of benzene rings is 1. The second-order valence-corrected chi connectivity index (χ2v) is 8.12. The summed E-state index contributed by atoms with van der Waals surface area (Å²) >= 11 is 0. The van der Waals surface area contributed by atoms with Gasteiger partial charge in [0, 0.05) is 17.5 Å². The second-order valence-electron chi connectivity index (χ2n) is 8.12. The zero-order valence-electron chi connectivity index (χ0n) is 15.3. The molecule has 0 N–H and O–H groups in total. The molecular formula is C20H24N2O3. The number of piperidine rings is 1. The van der Waals surface area contributed by atoms with Crippen LogP contribution in [0, 0.1) is 28.1 Å². The van der Waals surface area contributed by atoms with Crippen molar-refractivity contribution in [1.29, 1.82) is 5.26 Å². The standard InChI is InChI=1S/C20H24N2O3/c1-18-12-22(20(11-21)10-14(18)7-8-19(18,20)2)17(23)13-5-6-15(24-3)16(9-13)25-4/h5-6,9,14H,7-8,10,12H2,1-4H3/t14-,18+,19-,20-/m1/s1. The Morgan fingerprint density at radius 3 is 2.60 bits per heavy atom. The van der Waals surface area contributed by atoms with E-state index in [-0.39, 0.29) is 16.7 Å². The monoisotopic (exact) mass is 340 g/mol. The van der Waals surface area contributed by atoms with Crippen molar-refractivity contribution in [1.82, 2.24) is 4.90 Å². The Hall–Kier alpha value is -2.22. The van der Waals surface area contributed by atoms with Gasteiger partial charge in [0.25, 0.3) is 5.91 Å². The molecule has 1 aliphatic heterocycles. The van der Waals surface area contributed by atoms with Crippen LogP contribution in [0.5, 0.6) is 11.5 Å². The molecule has 1 amide bonds. The molecular weight excluding hydrogens is 316 g/mol. The summed E-state index contributed by atoms with van der Waals surface area (Å²) in [7, 11) is 3.13. The van der Waals surface area contributed by atoms with Crippen LogP contribution in [0.3, 0.4) is 0 Å². The number of hydrogen-bond donors (Lipinski definition) is 0. The minimum Gasteiger partial charge on any atom is -0.493 e. The molecule has 4 rings (SSSR count). The Labute approximate surface area is 148 Å². The molecule has 25 heavy (non-hydrogen) atoms. The fourth-order valence-electron chi connectivity index (χ4n) is 5.88. The molecule has 1 aromatic rings. The van der Waals surface area contributed by atoms with E-state index in [2.05, 4.69) is 19.9 Å². The number of hydrogen-bond acceptors (Lipinski definition) is 4. The van der Waals surface area contributed by atoms with E-state index in [9.17, 15) is 10.1 Å². The molecule has 132 valence electrons. The third kappa shape index (κ3) is 1.65. The minimum absolute atomic E-state index is 0.0367. The van der Waals surface area contributed by atoms with Crippen LogP contribution < -0.4 is 9.47 Å². The van der Waals surface area contributed by atoms with E-state index >= 15 is 0 Å². The van der Waals surface area contributed by atoms with Crippen molar-refractivity contribution in [2.24, 2.45) is 16.7 Å². The molecule has 5 heteroatoms. The van der Waals surface area contributed by atoms with Crippen LogP contribution in [0.25, 0.3) is 0 Å². The second kappa shape index (κ2) is 4.91. The van der Waals surface area contributed by atoms with Gasteiger partial charge in [-0.3, -0.25) is 4.79 Å². The zero-order valence-corrected chi connectivity index (χ0v) is 15.3. The smallest absolute Gasteiger partial charge is 0.255 e. The number of nitriles is 1. The molecule has 0 radical (unpaired) electrons. The number of carbonyl (C=O) groups excluding carboxylic acids is 1. The SMILES string of the molecule is COc1ccc(C(=O)N2C[C@@]3(C)[C@@H]4CC[C@@]3(C)[C@]2(C#N)C4)cc1OC. The van der Waals surface area contributed by atoms with Crippen molar-refractivity contribution >= 4 is 5.91 Å². The van der Waals surface area contributed by atoms with E-state index < -0.39 is 5.54 Å². The summed E-state index contributed by atoms with van der Waals surface area (Å²) in [4.78, 5) is 15.1. The Balaban J connectivity index is 1.75. The van der Waals surface area contributed by atoms with Gasteiger partial charge >= 0.3 is 0 Å². The number of carbonyl (C=O) groups is 1. The van der Waals surface area contributed by atoms with Gasteiger partial charge in [-0.1, -0.05) is 13.8 Å². The average Bonchev–Trinajstić information content (AvgIpc) is 3.08. The quantitative estimate of drug-likeness (QED) is 0.847. The van der Waals surface area contributed by atoms with E-state index in [1.54, 1.807) is 32.4 Å². The van der Waals surface area contributed by atoms with Gasteiger partial charge in [-0.15, -0.1) is 0 Å². The van der Waals surface area contributed by atoms with E-state index in [1.165, 1.54) is 6.42 Å². The van der Waals surface area contributed by atoms with Crippen LogP contribution in [0.4, 0.5) is 0 Å². The number of ether oxygens (including phenoxy) is 2. The summed E-state index contributed by atoms with van der Waals surface area (Å²) in [5.41, 5.74) is -0.224. The fourth-order valence-corrected chi connectivity index (χ4v) is 5.88. The summed E-state index contributed by atoms with van der Waals surface area (Å²) in [5, 5.41) is 10.1. The normalized spacial score (nSPS) is 37.9. The van der Waals surface area contributed by atoms with Crippen LogP contribution in [0.2, 0.25) is 0 Å². The molecule has 5 nitrogen and oxygen atoms in total. The lowest BCUT2D eigenvalue weighted by atomic mass is 9.66. The highest BCUT2D eigenvalue weighted by Gasteiger charge is 2.78. The van der Waals surface area contributed by atoms with Crippen LogP contribution in [0.15, 0.2) is 18.2 Å². The third-order valence-corrected chi connectivity index (χ3v) is 7.62. The molecule has 1 heterocycles. The van der Waals surface area contributed by atoms with Gasteiger partial charge in [0.05, 0.1) is 20.3 Å². The van der Waals surface area contributed by atoms with Gasteiger partial charge in [-0.2, -0.15) is 5.26 Å². The Morgan fingerprint density at radius 1 is 1.28 bits per heavy atom. The molecule has 3 fully saturated rings. The number of amides is 1. The minimum atomic E-state index is -0.686. The summed E-state index contributed by atoms with van der Waals surface area (Å²) < 4.78 is 10.6. The third-order valence-electron chi connectivity index (χ3n) is 7.62. The van der Waals surface area contributed by atoms with E-state index in [0.29, 0.717) is 29.5 Å². The van der Waals surface area contributed by atoms with Crippen LogP contribution in [-0.2, 0) is 0 Å². The van der Waals surface area contributed by atoms with Crippen LogP contribution in [0.1, 0.15) is 43.5 Å². The lowest BCUT2D eigenvalue weighted by Gasteiger charge is -2.43. The highest BCUT2D eigenvalue weighted by Crippen LogP contribution is 2.75. The first-order chi connectivity index (χ1) is 11.9. The number of rotatable bonds is 3. The van der Waals surface area contributed by atoms with Crippen molar-refractivity contribution in [3.05, 3.63) is 23.8 Å². The topological polar surface area (TPSA) is 62.6 Å². The van der Waals surface area contributed by atoms with E-state index in [1.807, 2.05) is 4.90 Å². The zero-order chi connectivity index (χ0) is 18.0. The fraction of sp³-hybridized carbons (Fsp3) is 0.600. The van der Waals surface area contributed by atoms with E-state index in [4.69, 9.17) is 9.47 Å². The first-order valence-corrected chi connectivity index (χ1v) is 8.82. The van der Waals surface area contributed by atoms with Gasteiger partial charge < -0.3 is 14.4 Å². The van der Waals surface area contributed by atoms with Gasteiger partial charge in [0.2, 0.25) is 0 Å². The molecule has 4 bridgehead atoms. The number of nitrogens with zero attached hydrogens (tertiary/aromatic N) is 2.